The van der Waals surface area contributed by atoms with E-state index in [1.54, 1.807) is 19.1 Å². The monoisotopic (exact) mass is 245 g/mol. The molecule has 0 unspecified atom stereocenters. The van der Waals surface area contributed by atoms with Crippen molar-refractivity contribution in [2.75, 3.05) is 5.32 Å². The molecule has 0 saturated heterocycles. The predicted octanol–water partition coefficient (Wildman–Crippen LogP) is 3.09. The minimum atomic E-state index is -0.344. The van der Waals surface area contributed by atoms with Gasteiger partial charge in [-0.05, 0) is 42.8 Å². The van der Waals surface area contributed by atoms with Crippen LogP contribution in [0, 0.1) is 12.7 Å². The molecule has 0 aliphatic carbocycles. The van der Waals surface area contributed by atoms with E-state index in [9.17, 15) is 14.3 Å². The molecule has 92 valence electrons. The van der Waals surface area contributed by atoms with Crippen LogP contribution in [0.15, 0.2) is 42.5 Å². The smallest absolute Gasteiger partial charge is 0.255 e. The number of phenols is 1. The van der Waals surface area contributed by atoms with Gasteiger partial charge >= 0.3 is 0 Å². The maximum atomic E-state index is 13.1. The molecular formula is C14H12FNO2. The predicted molar refractivity (Wildman–Crippen MR) is 67.2 cm³/mol. The van der Waals surface area contributed by atoms with Crippen LogP contribution in [0.2, 0.25) is 0 Å². The minimum absolute atomic E-state index is 0.0723. The van der Waals surface area contributed by atoms with Crippen molar-refractivity contribution in [3.63, 3.8) is 0 Å². The van der Waals surface area contributed by atoms with Crippen molar-refractivity contribution < 1.29 is 14.3 Å². The lowest BCUT2D eigenvalue weighted by Crippen LogP contribution is -2.12. The third-order valence-corrected chi connectivity index (χ3v) is 2.52. The van der Waals surface area contributed by atoms with Crippen molar-refractivity contribution in [2.45, 2.75) is 6.92 Å². The number of anilines is 1. The Morgan fingerprint density at radius 1 is 1.22 bits per heavy atom. The van der Waals surface area contributed by atoms with Crippen LogP contribution >= 0.6 is 0 Å². The lowest BCUT2D eigenvalue weighted by Gasteiger charge is -2.06. The molecule has 2 rings (SSSR count). The third-order valence-electron chi connectivity index (χ3n) is 2.52. The van der Waals surface area contributed by atoms with Gasteiger partial charge in [-0.1, -0.05) is 6.07 Å². The standard InChI is InChI=1S/C14H12FNO2/c1-9-7-10(5-6-13(9)15)14(18)16-11-3-2-4-12(17)8-11/h2-8,17H,1H3,(H,16,18). The summed E-state index contributed by atoms with van der Waals surface area (Å²) in [5.74, 6) is -0.615. The maximum absolute atomic E-state index is 13.1. The number of halogens is 1. The van der Waals surface area contributed by atoms with E-state index in [4.69, 9.17) is 0 Å². The Morgan fingerprint density at radius 3 is 2.67 bits per heavy atom. The van der Waals surface area contributed by atoms with Gasteiger partial charge in [-0.2, -0.15) is 0 Å². The summed E-state index contributed by atoms with van der Waals surface area (Å²) in [5, 5.41) is 11.9. The molecule has 2 N–H and O–H groups in total. The molecule has 0 aliphatic rings. The number of carbonyl (C=O) groups is 1. The van der Waals surface area contributed by atoms with Crippen molar-refractivity contribution in [1.82, 2.24) is 0 Å². The van der Waals surface area contributed by atoms with Crippen LogP contribution in [0.4, 0.5) is 10.1 Å². The molecule has 0 fully saturated rings. The highest BCUT2D eigenvalue weighted by Crippen LogP contribution is 2.17. The van der Waals surface area contributed by atoms with Crippen LogP contribution in [0.1, 0.15) is 15.9 Å². The van der Waals surface area contributed by atoms with Crippen molar-refractivity contribution in [2.24, 2.45) is 0 Å². The average Bonchev–Trinajstić information content (AvgIpc) is 2.32. The first-order valence-corrected chi connectivity index (χ1v) is 5.43. The van der Waals surface area contributed by atoms with Gasteiger partial charge in [-0.3, -0.25) is 4.79 Å². The zero-order chi connectivity index (χ0) is 13.1. The molecule has 0 aliphatic heterocycles. The highest BCUT2D eigenvalue weighted by atomic mass is 19.1. The van der Waals surface area contributed by atoms with Gasteiger partial charge in [0.25, 0.3) is 5.91 Å². The second-order valence-electron chi connectivity index (χ2n) is 3.97. The van der Waals surface area contributed by atoms with Crippen LogP contribution in [-0.2, 0) is 0 Å². The van der Waals surface area contributed by atoms with E-state index in [2.05, 4.69) is 5.32 Å². The second-order valence-corrected chi connectivity index (χ2v) is 3.97. The van der Waals surface area contributed by atoms with Crippen molar-refractivity contribution in [1.29, 1.82) is 0 Å². The first kappa shape index (κ1) is 12.1. The molecule has 2 aromatic carbocycles. The number of nitrogens with one attached hydrogen (secondary N) is 1. The summed E-state index contributed by atoms with van der Waals surface area (Å²) in [7, 11) is 0. The number of aromatic hydroxyl groups is 1. The summed E-state index contributed by atoms with van der Waals surface area (Å²) in [6.07, 6.45) is 0. The normalized spacial score (nSPS) is 10.1. The number of hydrogen-bond donors (Lipinski definition) is 2. The summed E-state index contributed by atoms with van der Waals surface area (Å²) in [4.78, 5) is 11.9. The first-order valence-electron chi connectivity index (χ1n) is 5.43. The van der Waals surface area contributed by atoms with Gasteiger partial charge in [-0.15, -0.1) is 0 Å². The molecule has 0 aromatic heterocycles. The second kappa shape index (κ2) is 4.87. The molecule has 3 nitrogen and oxygen atoms in total. The highest BCUT2D eigenvalue weighted by molar-refractivity contribution is 6.04. The number of benzene rings is 2. The van der Waals surface area contributed by atoms with E-state index in [1.807, 2.05) is 0 Å². The quantitative estimate of drug-likeness (QED) is 0.854. The number of carbonyl (C=O) groups excluding carboxylic acids is 1. The van der Waals surface area contributed by atoms with Gasteiger partial charge in [0, 0.05) is 17.3 Å². The maximum Gasteiger partial charge on any atom is 0.255 e. The van der Waals surface area contributed by atoms with E-state index in [0.717, 1.165) is 0 Å². The Morgan fingerprint density at radius 2 is 2.00 bits per heavy atom. The Hall–Kier alpha value is -2.36. The topological polar surface area (TPSA) is 49.3 Å². The lowest BCUT2D eigenvalue weighted by atomic mass is 10.1. The van der Waals surface area contributed by atoms with Crippen LogP contribution < -0.4 is 5.32 Å². The number of rotatable bonds is 2. The van der Waals surface area contributed by atoms with Gasteiger partial charge in [-0.25, -0.2) is 4.39 Å². The fraction of sp³-hybridized carbons (Fsp3) is 0.0714. The van der Waals surface area contributed by atoms with E-state index in [1.165, 1.54) is 30.3 Å². The molecule has 0 heterocycles. The zero-order valence-corrected chi connectivity index (χ0v) is 9.77. The molecule has 0 bridgehead atoms. The molecule has 0 atom stereocenters. The summed E-state index contributed by atoms with van der Waals surface area (Å²) in [5.41, 5.74) is 1.28. The molecule has 0 radical (unpaired) electrons. The average molecular weight is 245 g/mol. The van der Waals surface area contributed by atoms with E-state index >= 15 is 0 Å². The lowest BCUT2D eigenvalue weighted by molar-refractivity contribution is 0.102. The number of amides is 1. The molecule has 0 saturated carbocycles. The summed E-state index contributed by atoms with van der Waals surface area (Å²) >= 11 is 0. The van der Waals surface area contributed by atoms with Crippen molar-refractivity contribution in [3.8, 4) is 5.75 Å². The largest absolute Gasteiger partial charge is 0.508 e. The summed E-state index contributed by atoms with van der Waals surface area (Å²) in [6.45, 7) is 1.60. The molecular weight excluding hydrogens is 233 g/mol. The van der Waals surface area contributed by atoms with Crippen molar-refractivity contribution in [3.05, 3.63) is 59.4 Å². The fourth-order valence-corrected chi connectivity index (χ4v) is 1.57. The summed E-state index contributed by atoms with van der Waals surface area (Å²) < 4.78 is 13.1. The Labute approximate surface area is 104 Å². The Balaban J connectivity index is 2.19. The minimum Gasteiger partial charge on any atom is -0.508 e. The van der Waals surface area contributed by atoms with Crippen molar-refractivity contribution >= 4 is 11.6 Å². The van der Waals surface area contributed by atoms with Gasteiger partial charge in [0.05, 0.1) is 0 Å². The van der Waals surface area contributed by atoms with Crippen LogP contribution in [0.25, 0.3) is 0 Å². The molecule has 18 heavy (non-hydrogen) atoms. The zero-order valence-electron chi connectivity index (χ0n) is 9.77. The number of phenolic OH excluding ortho intramolecular Hbond substituents is 1. The molecule has 0 spiro atoms. The highest BCUT2D eigenvalue weighted by Gasteiger charge is 2.08. The van der Waals surface area contributed by atoms with Crippen LogP contribution in [0.3, 0.4) is 0 Å². The number of aryl methyl sites for hydroxylation is 1. The number of hydrogen-bond acceptors (Lipinski definition) is 2. The first-order chi connectivity index (χ1) is 8.56. The Bertz CT molecular complexity index is 596. The van der Waals surface area contributed by atoms with Gasteiger partial charge in [0.2, 0.25) is 0 Å². The van der Waals surface area contributed by atoms with E-state index in [0.29, 0.717) is 16.8 Å². The van der Waals surface area contributed by atoms with Gasteiger partial charge in [0.1, 0.15) is 11.6 Å². The van der Waals surface area contributed by atoms with Crippen LogP contribution in [0.5, 0.6) is 5.75 Å². The van der Waals surface area contributed by atoms with E-state index in [-0.39, 0.29) is 17.5 Å². The molecule has 2 aromatic rings. The van der Waals surface area contributed by atoms with E-state index < -0.39 is 0 Å². The fourth-order valence-electron chi connectivity index (χ4n) is 1.57. The molecule has 4 heteroatoms. The Kier molecular flexibility index (Phi) is 3.28. The SMILES string of the molecule is Cc1cc(C(=O)Nc2cccc(O)c2)ccc1F. The van der Waals surface area contributed by atoms with Gasteiger partial charge < -0.3 is 10.4 Å². The molecule has 1 amide bonds. The summed E-state index contributed by atoms with van der Waals surface area (Å²) in [6, 6.07) is 10.4. The third kappa shape index (κ3) is 2.66. The van der Waals surface area contributed by atoms with Gasteiger partial charge in [0.15, 0.2) is 0 Å². The van der Waals surface area contributed by atoms with Crippen LogP contribution in [-0.4, -0.2) is 11.0 Å².